The van der Waals surface area contributed by atoms with Crippen LogP contribution in [0.5, 0.6) is 5.75 Å². The Morgan fingerprint density at radius 3 is 2.47 bits per heavy atom. The summed E-state index contributed by atoms with van der Waals surface area (Å²) in [5, 5.41) is 13.8. The number of aliphatic hydroxyl groups is 1. The van der Waals surface area contributed by atoms with Crippen LogP contribution < -0.4 is 10.1 Å². The fourth-order valence-electron chi connectivity index (χ4n) is 3.53. The van der Waals surface area contributed by atoms with Crippen LogP contribution >= 0.6 is 23.2 Å². The van der Waals surface area contributed by atoms with E-state index in [0.717, 1.165) is 21.6 Å². The molecule has 1 saturated heterocycles. The number of nitrogens with zero attached hydrogens (tertiary/aromatic N) is 1. The first kappa shape index (κ1) is 22.4. The molecule has 2 unspecified atom stereocenters. The predicted octanol–water partition coefficient (Wildman–Crippen LogP) is 4.13. The number of carbonyl (C=O) groups excluding carboxylic acids is 2. The molecule has 0 aliphatic carbocycles. The molecule has 3 amide bonds. The maximum absolute atomic E-state index is 13.0. The quantitative estimate of drug-likeness (QED) is 0.648. The average molecular weight is 451 g/mol. The first-order valence-corrected chi connectivity index (χ1v) is 10.3. The fourth-order valence-corrected chi connectivity index (χ4v) is 4.13. The minimum atomic E-state index is -1.34. The summed E-state index contributed by atoms with van der Waals surface area (Å²) in [6.45, 7) is 7.17. The number of β-amino-alcohol motifs (C(OH)–C–C–N with tert-alkyl or cyclic N) is 1. The van der Waals surface area contributed by atoms with Crippen LogP contribution in [0.25, 0.3) is 0 Å². The minimum Gasteiger partial charge on any atom is -0.490 e. The van der Waals surface area contributed by atoms with E-state index in [-0.39, 0.29) is 18.2 Å². The summed E-state index contributed by atoms with van der Waals surface area (Å²) in [6.07, 6.45) is -1.05. The van der Waals surface area contributed by atoms with Crippen molar-refractivity contribution in [2.24, 2.45) is 0 Å². The van der Waals surface area contributed by atoms with Crippen molar-refractivity contribution in [1.82, 2.24) is 10.2 Å². The lowest BCUT2D eigenvalue weighted by atomic mass is 9.92. The summed E-state index contributed by atoms with van der Waals surface area (Å²) < 4.78 is 5.80. The van der Waals surface area contributed by atoms with Gasteiger partial charge in [0.2, 0.25) is 0 Å². The van der Waals surface area contributed by atoms with Gasteiger partial charge in [0, 0.05) is 15.6 Å². The van der Waals surface area contributed by atoms with Crippen molar-refractivity contribution < 1.29 is 19.4 Å². The Morgan fingerprint density at radius 2 is 1.80 bits per heavy atom. The Labute approximate surface area is 185 Å². The number of hydrogen-bond donors (Lipinski definition) is 2. The van der Waals surface area contributed by atoms with Gasteiger partial charge in [0.25, 0.3) is 5.91 Å². The monoisotopic (exact) mass is 450 g/mol. The fraction of sp³-hybridized carbons (Fsp3) is 0.364. The Kier molecular flexibility index (Phi) is 6.32. The van der Waals surface area contributed by atoms with Crippen molar-refractivity contribution in [3.05, 3.63) is 62.6 Å². The zero-order chi connectivity index (χ0) is 22.2. The molecule has 6 nitrogen and oxygen atoms in total. The number of aliphatic hydroxyl groups excluding tert-OH is 1. The molecular formula is C22H24Cl2N2O4. The summed E-state index contributed by atoms with van der Waals surface area (Å²) in [5.41, 5.74) is 2.11. The smallest absolute Gasteiger partial charge is 0.325 e. The number of ether oxygens (including phenoxy) is 1. The molecule has 8 heteroatoms. The highest BCUT2D eigenvalue weighted by molar-refractivity contribution is 6.35. The van der Waals surface area contributed by atoms with E-state index in [1.54, 1.807) is 19.1 Å². The van der Waals surface area contributed by atoms with E-state index in [1.807, 2.05) is 32.9 Å². The van der Waals surface area contributed by atoms with Crippen LogP contribution in [0.2, 0.25) is 10.0 Å². The molecule has 3 rings (SSSR count). The van der Waals surface area contributed by atoms with E-state index in [2.05, 4.69) is 5.32 Å². The molecular weight excluding hydrogens is 427 g/mol. The lowest BCUT2D eigenvalue weighted by molar-refractivity contribution is -0.132. The number of aryl methyl sites for hydroxylation is 2. The molecule has 2 aromatic rings. The summed E-state index contributed by atoms with van der Waals surface area (Å²) in [4.78, 5) is 26.5. The third-order valence-corrected chi connectivity index (χ3v) is 5.98. The molecule has 160 valence electrons. The highest BCUT2D eigenvalue weighted by atomic mass is 35.5. The molecule has 1 fully saturated rings. The van der Waals surface area contributed by atoms with E-state index in [9.17, 15) is 14.7 Å². The number of urea groups is 1. The van der Waals surface area contributed by atoms with Gasteiger partial charge < -0.3 is 15.2 Å². The standard InChI is InChI=1S/C22H24Cl2N2O4/c1-12-5-6-13(2)19(14(12)3)30-11-16(27)10-26-20(28)22(4,25-21(26)29)17-8-7-15(23)9-18(17)24/h5-9,16,27H,10-11H2,1-4H3,(H,25,29). The van der Waals surface area contributed by atoms with E-state index in [1.165, 1.54) is 6.07 Å². The number of imide groups is 1. The first-order chi connectivity index (χ1) is 14.0. The minimum absolute atomic E-state index is 0.0550. The zero-order valence-corrected chi connectivity index (χ0v) is 18.8. The van der Waals surface area contributed by atoms with Gasteiger partial charge in [-0.1, -0.05) is 41.4 Å². The Bertz CT molecular complexity index is 1010. The SMILES string of the molecule is Cc1ccc(C)c(OCC(O)CN2C(=O)NC(C)(c3ccc(Cl)cc3Cl)C2=O)c1C. The van der Waals surface area contributed by atoms with Crippen LogP contribution in [-0.4, -0.2) is 41.2 Å². The van der Waals surface area contributed by atoms with Crippen molar-refractivity contribution in [2.75, 3.05) is 13.2 Å². The van der Waals surface area contributed by atoms with Crippen LogP contribution in [0.3, 0.4) is 0 Å². The normalized spacial score (nSPS) is 19.8. The maximum Gasteiger partial charge on any atom is 0.325 e. The number of nitrogens with one attached hydrogen (secondary N) is 1. The van der Waals surface area contributed by atoms with Crippen molar-refractivity contribution in [3.8, 4) is 5.75 Å². The molecule has 0 aromatic heterocycles. The summed E-state index contributed by atoms with van der Waals surface area (Å²) in [6, 6.07) is 8.07. The van der Waals surface area contributed by atoms with E-state index >= 15 is 0 Å². The Balaban J connectivity index is 1.72. The van der Waals surface area contributed by atoms with Gasteiger partial charge in [-0.05, 0) is 56.5 Å². The van der Waals surface area contributed by atoms with E-state index in [4.69, 9.17) is 27.9 Å². The van der Waals surface area contributed by atoms with Gasteiger partial charge >= 0.3 is 6.03 Å². The zero-order valence-electron chi connectivity index (χ0n) is 17.3. The van der Waals surface area contributed by atoms with Gasteiger partial charge in [0.1, 0.15) is 24.0 Å². The van der Waals surface area contributed by atoms with Gasteiger partial charge in [0.15, 0.2) is 0 Å². The van der Waals surface area contributed by atoms with Crippen LogP contribution in [-0.2, 0) is 10.3 Å². The second-order valence-corrected chi connectivity index (χ2v) is 8.56. The number of rotatable bonds is 6. The number of halogens is 2. The highest BCUT2D eigenvalue weighted by Gasteiger charge is 2.50. The van der Waals surface area contributed by atoms with Gasteiger partial charge in [-0.25, -0.2) is 4.79 Å². The molecule has 2 atom stereocenters. The Hall–Kier alpha value is -2.28. The summed E-state index contributed by atoms with van der Waals surface area (Å²) in [7, 11) is 0. The number of benzene rings is 2. The largest absolute Gasteiger partial charge is 0.490 e. The second-order valence-electron chi connectivity index (χ2n) is 7.71. The average Bonchev–Trinajstić information content (AvgIpc) is 2.88. The van der Waals surface area contributed by atoms with E-state index < -0.39 is 23.6 Å². The molecule has 1 aliphatic heterocycles. The molecule has 1 heterocycles. The second kappa shape index (κ2) is 8.46. The van der Waals surface area contributed by atoms with Gasteiger partial charge in [-0.2, -0.15) is 0 Å². The van der Waals surface area contributed by atoms with Crippen molar-refractivity contribution in [2.45, 2.75) is 39.3 Å². The number of hydrogen-bond acceptors (Lipinski definition) is 4. The predicted molar refractivity (Wildman–Crippen MR) is 116 cm³/mol. The Morgan fingerprint density at radius 1 is 1.13 bits per heavy atom. The number of amides is 3. The van der Waals surface area contributed by atoms with Crippen molar-refractivity contribution in [3.63, 3.8) is 0 Å². The molecule has 2 aromatic carbocycles. The summed E-state index contributed by atoms with van der Waals surface area (Å²) in [5.74, 6) is 0.197. The van der Waals surface area contributed by atoms with Crippen LogP contribution in [0.15, 0.2) is 30.3 Å². The lowest BCUT2D eigenvalue weighted by Crippen LogP contribution is -2.43. The van der Waals surface area contributed by atoms with Gasteiger partial charge in [-0.15, -0.1) is 0 Å². The molecule has 0 bridgehead atoms. The third-order valence-electron chi connectivity index (χ3n) is 5.43. The first-order valence-electron chi connectivity index (χ1n) is 9.52. The van der Waals surface area contributed by atoms with Gasteiger partial charge in [-0.3, -0.25) is 9.69 Å². The lowest BCUT2D eigenvalue weighted by Gasteiger charge is -2.24. The van der Waals surface area contributed by atoms with Crippen LogP contribution in [0.1, 0.15) is 29.2 Å². The molecule has 30 heavy (non-hydrogen) atoms. The highest BCUT2D eigenvalue weighted by Crippen LogP contribution is 2.35. The summed E-state index contributed by atoms with van der Waals surface area (Å²) >= 11 is 12.2. The third kappa shape index (κ3) is 4.13. The number of carbonyl (C=O) groups is 2. The molecule has 2 N–H and O–H groups in total. The molecule has 0 saturated carbocycles. The maximum atomic E-state index is 13.0. The molecule has 0 spiro atoms. The molecule has 0 radical (unpaired) electrons. The topological polar surface area (TPSA) is 78.9 Å². The van der Waals surface area contributed by atoms with Crippen LogP contribution in [0, 0.1) is 20.8 Å². The van der Waals surface area contributed by atoms with Crippen molar-refractivity contribution in [1.29, 1.82) is 0 Å². The molecule has 1 aliphatic rings. The van der Waals surface area contributed by atoms with Crippen LogP contribution in [0.4, 0.5) is 4.79 Å². The van der Waals surface area contributed by atoms with Crippen molar-refractivity contribution >= 4 is 35.1 Å². The van der Waals surface area contributed by atoms with E-state index in [0.29, 0.717) is 16.3 Å². The van der Waals surface area contributed by atoms with Gasteiger partial charge in [0.05, 0.1) is 6.54 Å².